The van der Waals surface area contributed by atoms with E-state index in [1.807, 2.05) is 61.5 Å². The molecule has 6 nitrogen and oxygen atoms in total. The molecule has 2 aromatic carbocycles. The van der Waals surface area contributed by atoms with E-state index in [0.717, 1.165) is 32.3 Å². The number of hydrogen-bond acceptors (Lipinski definition) is 6. The van der Waals surface area contributed by atoms with Gasteiger partial charge in [0.15, 0.2) is 5.76 Å². The van der Waals surface area contributed by atoms with Crippen LogP contribution in [0.5, 0.6) is 5.75 Å². The van der Waals surface area contributed by atoms with Crippen molar-refractivity contribution in [2.24, 2.45) is 0 Å². The minimum atomic E-state index is 0.602. The molecule has 0 saturated carbocycles. The van der Waals surface area contributed by atoms with Crippen LogP contribution >= 0.6 is 11.3 Å². The van der Waals surface area contributed by atoms with E-state index in [1.165, 1.54) is 11.3 Å². The Kier molecular flexibility index (Phi) is 3.46. The number of rotatable bonds is 4. The number of aromatic nitrogens is 4. The Labute approximate surface area is 152 Å². The molecule has 3 aromatic heterocycles. The predicted molar refractivity (Wildman–Crippen MR) is 100 cm³/mol. The van der Waals surface area contributed by atoms with Crippen LogP contribution < -0.4 is 4.74 Å². The van der Waals surface area contributed by atoms with Crippen LogP contribution in [-0.4, -0.2) is 26.4 Å². The number of nitrogens with zero attached hydrogens (tertiary/aromatic N) is 4. The van der Waals surface area contributed by atoms with Crippen LogP contribution in [-0.2, 0) is 0 Å². The van der Waals surface area contributed by atoms with Gasteiger partial charge >= 0.3 is 0 Å². The highest BCUT2D eigenvalue weighted by molar-refractivity contribution is 7.19. The summed E-state index contributed by atoms with van der Waals surface area (Å²) in [7, 11) is 0. The summed E-state index contributed by atoms with van der Waals surface area (Å²) in [5, 5.41) is 15.1. The van der Waals surface area contributed by atoms with Crippen molar-refractivity contribution in [2.45, 2.75) is 6.92 Å². The van der Waals surface area contributed by atoms with E-state index in [9.17, 15) is 0 Å². The largest absolute Gasteiger partial charge is 0.494 e. The van der Waals surface area contributed by atoms with Crippen molar-refractivity contribution in [1.82, 2.24) is 19.8 Å². The lowest BCUT2D eigenvalue weighted by Gasteiger charge is -2.02. The van der Waals surface area contributed by atoms with Crippen molar-refractivity contribution in [3.63, 3.8) is 0 Å². The molecule has 0 saturated heterocycles. The second-order valence-corrected chi connectivity index (χ2v) is 6.69. The SMILES string of the molecule is CCOc1ccc(-c2nn3c(-c4cc5ccccc5o4)nnc3s2)cc1. The van der Waals surface area contributed by atoms with Crippen molar-refractivity contribution >= 4 is 27.3 Å². The van der Waals surface area contributed by atoms with Crippen molar-refractivity contribution in [2.75, 3.05) is 6.61 Å². The van der Waals surface area contributed by atoms with Gasteiger partial charge in [0.25, 0.3) is 0 Å². The first kappa shape index (κ1) is 15.1. The zero-order chi connectivity index (χ0) is 17.5. The van der Waals surface area contributed by atoms with Crippen LogP contribution in [0.4, 0.5) is 0 Å². The molecule has 3 heterocycles. The maximum atomic E-state index is 5.90. The second-order valence-electron chi connectivity index (χ2n) is 5.73. The number of para-hydroxylation sites is 1. The summed E-state index contributed by atoms with van der Waals surface area (Å²) in [5.74, 6) is 2.11. The molecule has 0 atom stereocenters. The third kappa shape index (κ3) is 2.44. The summed E-state index contributed by atoms with van der Waals surface area (Å²) < 4.78 is 13.1. The quantitative estimate of drug-likeness (QED) is 0.465. The molecule has 0 N–H and O–H groups in total. The minimum absolute atomic E-state index is 0.602. The summed E-state index contributed by atoms with van der Waals surface area (Å²) in [4.78, 5) is 0.726. The zero-order valence-corrected chi connectivity index (χ0v) is 14.7. The first-order valence-electron chi connectivity index (χ1n) is 8.26. The Hall–Kier alpha value is -3.19. The number of hydrogen-bond donors (Lipinski definition) is 0. The van der Waals surface area contributed by atoms with Crippen molar-refractivity contribution in [3.8, 4) is 27.9 Å². The van der Waals surface area contributed by atoms with Gasteiger partial charge in [-0.3, -0.25) is 0 Å². The summed E-state index contributed by atoms with van der Waals surface area (Å²) in [6.07, 6.45) is 0. The van der Waals surface area contributed by atoms with Gasteiger partial charge in [0, 0.05) is 10.9 Å². The lowest BCUT2D eigenvalue weighted by molar-refractivity contribution is 0.340. The smallest absolute Gasteiger partial charge is 0.235 e. The van der Waals surface area contributed by atoms with Crippen LogP contribution in [0.15, 0.2) is 59.0 Å². The van der Waals surface area contributed by atoms with Crippen LogP contribution in [0.3, 0.4) is 0 Å². The maximum absolute atomic E-state index is 5.90. The van der Waals surface area contributed by atoms with E-state index < -0.39 is 0 Å². The van der Waals surface area contributed by atoms with Gasteiger partial charge in [0.05, 0.1) is 6.61 Å². The number of fused-ring (bicyclic) bond motifs is 2. The highest BCUT2D eigenvalue weighted by Gasteiger charge is 2.17. The normalized spacial score (nSPS) is 11.4. The van der Waals surface area contributed by atoms with E-state index >= 15 is 0 Å². The summed E-state index contributed by atoms with van der Waals surface area (Å²) in [6, 6.07) is 17.7. The fourth-order valence-corrected chi connectivity index (χ4v) is 3.68. The zero-order valence-electron chi connectivity index (χ0n) is 13.9. The number of furan rings is 1. The molecule has 0 spiro atoms. The van der Waals surface area contributed by atoms with Crippen LogP contribution in [0.1, 0.15) is 6.92 Å². The van der Waals surface area contributed by atoms with E-state index in [-0.39, 0.29) is 0 Å². The van der Waals surface area contributed by atoms with E-state index in [0.29, 0.717) is 18.2 Å². The van der Waals surface area contributed by atoms with Crippen LogP contribution in [0, 0.1) is 0 Å². The average Bonchev–Trinajstić information content (AvgIpc) is 3.35. The first-order valence-corrected chi connectivity index (χ1v) is 9.08. The summed E-state index contributed by atoms with van der Waals surface area (Å²) in [6.45, 7) is 2.62. The van der Waals surface area contributed by atoms with Gasteiger partial charge in [-0.1, -0.05) is 29.5 Å². The molecule has 0 aliphatic carbocycles. The second kappa shape index (κ2) is 5.96. The Balaban J connectivity index is 1.56. The molecule has 5 rings (SSSR count). The molecule has 0 unspecified atom stereocenters. The molecule has 128 valence electrons. The van der Waals surface area contributed by atoms with Gasteiger partial charge in [0.2, 0.25) is 10.8 Å². The van der Waals surface area contributed by atoms with Gasteiger partial charge in [-0.15, -0.1) is 10.2 Å². The third-order valence-corrected chi connectivity index (χ3v) is 5.00. The first-order chi connectivity index (χ1) is 12.8. The Morgan fingerprint density at radius 3 is 2.73 bits per heavy atom. The number of benzene rings is 2. The van der Waals surface area contributed by atoms with Crippen molar-refractivity contribution in [3.05, 3.63) is 54.6 Å². The van der Waals surface area contributed by atoms with Gasteiger partial charge in [-0.25, -0.2) is 0 Å². The summed E-state index contributed by atoms with van der Waals surface area (Å²) in [5.41, 5.74) is 1.83. The monoisotopic (exact) mass is 362 g/mol. The third-order valence-electron chi connectivity index (χ3n) is 4.05. The van der Waals surface area contributed by atoms with Crippen molar-refractivity contribution < 1.29 is 9.15 Å². The lowest BCUT2D eigenvalue weighted by Crippen LogP contribution is -1.91. The Morgan fingerprint density at radius 2 is 1.92 bits per heavy atom. The topological polar surface area (TPSA) is 65.5 Å². The number of ether oxygens (including phenoxy) is 1. The molecule has 7 heteroatoms. The lowest BCUT2D eigenvalue weighted by atomic mass is 10.2. The average molecular weight is 362 g/mol. The van der Waals surface area contributed by atoms with Crippen LogP contribution in [0.2, 0.25) is 0 Å². The molecule has 5 aromatic rings. The molecular weight excluding hydrogens is 348 g/mol. The predicted octanol–water partition coefficient (Wildman–Crippen LogP) is 4.66. The van der Waals surface area contributed by atoms with Gasteiger partial charge < -0.3 is 9.15 Å². The standard InChI is InChI=1S/C19H14N4O2S/c1-2-24-14-9-7-12(8-10-14)18-22-23-17(20-21-19(23)26-18)16-11-13-5-3-4-6-15(13)25-16/h3-11H,2H2,1H3. The summed E-state index contributed by atoms with van der Waals surface area (Å²) >= 11 is 1.49. The van der Waals surface area contributed by atoms with E-state index in [4.69, 9.17) is 9.15 Å². The Bertz CT molecular complexity index is 1170. The van der Waals surface area contributed by atoms with Crippen LogP contribution in [0.25, 0.3) is 38.1 Å². The molecule has 0 amide bonds. The van der Waals surface area contributed by atoms with Gasteiger partial charge in [-0.2, -0.15) is 9.61 Å². The molecule has 0 radical (unpaired) electrons. The maximum Gasteiger partial charge on any atom is 0.235 e. The molecule has 0 aliphatic rings. The van der Waals surface area contributed by atoms with E-state index in [1.54, 1.807) is 4.52 Å². The Morgan fingerprint density at radius 1 is 1.08 bits per heavy atom. The molecule has 0 bridgehead atoms. The molecule has 0 aliphatic heterocycles. The highest BCUT2D eigenvalue weighted by atomic mass is 32.1. The van der Waals surface area contributed by atoms with Crippen molar-refractivity contribution in [1.29, 1.82) is 0 Å². The molecular formula is C19H14N4O2S. The fourth-order valence-electron chi connectivity index (χ4n) is 2.84. The minimum Gasteiger partial charge on any atom is -0.494 e. The van der Waals surface area contributed by atoms with Gasteiger partial charge in [-0.05, 0) is 43.3 Å². The van der Waals surface area contributed by atoms with E-state index in [2.05, 4.69) is 15.3 Å². The molecule has 0 fully saturated rings. The molecule has 26 heavy (non-hydrogen) atoms. The van der Waals surface area contributed by atoms with Gasteiger partial charge in [0.1, 0.15) is 16.3 Å². The highest BCUT2D eigenvalue weighted by Crippen LogP contribution is 2.31. The fraction of sp³-hybridized carbons (Fsp3) is 0.105.